The number of benzene rings is 1. The molecule has 1 aromatic carbocycles. The molecule has 0 aliphatic carbocycles. The van der Waals surface area contributed by atoms with Crippen molar-refractivity contribution < 1.29 is 8.42 Å². The fourth-order valence-corrected chi connectivity index (χ4v) is 4.72. The normalized spacial score (nSPS) is 16.2. The van der Waals surface area contributed by atoms with Gasteiger partial charge in [0.15, 0.2) is 5.03 Å². The van der Waals surface area contributed by atoms with Gasteiger partial charge in [0.1, 0.15) is 0 Å². The molecule has 3 aromatic rings. The summed E-state index contributed by atoms with van der Waals surface area (Å²) >= 11 is 0. The summed E-state index contributed by atoms with van der Waals surface area (Å²) in [5.41, 5.74) is 1.52. The average molecular weight is 402 g/mol. The van der Waals surface area contributed by atoms with Crippen LogP contribution in [0.1, 0.15) is 19.9 Å². The number of piperazine rings is 1. The number of nitrogens with one attached hydrogen (secondary N) is 1. The largest absolute Gasteiger partial charge is 0.369 e. The third kappa shape index (κ3) is 3.18. The van der Waals surface area contributed by atoms with Crippen molar-refractivity contribution in [3.8, 4) is 0 Å². The Labute approximate surface area is 162 Å². The van der Waals surface area contributed by atoms with Crippen LogP contribution in [0.5, 0.6) is 0 Å². The van der Waals surface area contributed by atoms with Crippen LogP contribution in [0.4, 0.5) is 5.69 Å². The summed E-state index contributed by atoms with van der Waals surface area (Å²) in [5, 5.41) is 0.692. The van der Waals surface area contributed by atoms with Gasteiger partial charge in [0.2, 0.25) is 0 Å². The third-order valence-corrected chi connectivity index (χ3v) is 6.84. The highest BCUT2D eigenvalue weighted by Crippen LogP contribution is 2.22. The summed E-state index contributed by atoms with van der Waals surface area (Å²) in [6, 6.07) is 5.64. The van der Waals surface area contributed by atoms with E-state index < -0.39 is 10.0 Å². The van der Waals surface area contributed by atoms with Gasteiger partial charge in [0.25, 0.3) is 15.6 Å². The second-order valence-corrected chi connectivity index (χ2v) is 8.97. The average Bonchev–Trinajstić information content (AvgIpc) is 3.23. The Morgan fingerprint density at radius 1 is 1.14 bits per heavy atom. The van der Waals surface area contributed by atoms with E-state index in [9.17, 15) is 13.2 Å². The number of hydrogen-bond acceptors (Lipinski definition) is 6. The van der Waals surface area contributed by atoms with E-state index in [1.807, 2.05) is 26.0 Å². The smallest absolute Gasteiger partial charge is 0.261 e. The Kier molecular flexibility index (Phi) is 4.68. The first-order valence-corrected chi connectivity index (χ1v) is 10.6. The fraction of sp³-hybridized carbons (Fsp3) is 0.389. The Morgan fingerprint density at radius 3 is 2.54 bits per heavy atom. The fourth-order valence-electron chi connectivity index (χ4n) is 3.40. The lowest BCUT2D eigenvalue weighted by Gasteiger charge is -2.35. The predicted octanol–water partition coefficient (Wildman–Crippen LogP) is 1.21. The summed E-state index contributed by atoms with van der Waals surface area (Å²) in [6.07, 6.45) is 4.26. The molecule has 0 radical (unpaired) electrons. The number of sulfonamides is 1. The van der Waals surface area contributed by atoms with E-state index in [1.54, 1.807) is 17.0 Å². The van der Waals surface area contributed by atoms with E-state index in [0.717, 1.165) is 5.69 Å². The molecule has 0 spiro atoms. The molecule has 3 heterocycles. The number of hydrogen-bond donors (Lipinski definition) is 1. The quantitative estimate of drug-likeness (QED) is 0.703. The first-order valence-electron chi connectivity index (χ1n) is 9.12. The van der Waals surface area contributed by atoms with E-state index in [1.165, 1.54) is 16.8 Å². The first kappa shape index (κ1) is 18.6. The van der Waals surface area contributed by atoms with Crippen LogP contribution in [0.3, 0.4) is 0 Å². The number of imidazole rings is 1. The lowest BCUT2D eigenvalue weighted by Crippen LogP contribution is -2.48. The molecule has 0 saturated carbocycles. The molecule has 0 bridgehead atoms. The highest BCUT2D eigenvalue weighted by molar-refractivity contribution is 7.89. The highest BCUT2D eigenvalue weighted by Gasteiger charge is 2.29. The van der Waals surface area contributed by atoms with Crippen molar-refractivity contribution in [2.24, 2.45) is 0 Å². The molecule has 1 fully saturated rings. The Bertz CT molecular complexity index is 1150. The first-order chi connectivity index (χ1) is 13.4. The summed E-state index contributed by atoms with van der Waals surface area (Å²) in [4.78, 5) is 25.5. The van der Waals surface area contributed by atoms with Gasteiger partial charge in [-0.25, -0.2) is 18.4 Å². The predicted molar refractivity (Wildman–Crippen MR) is 106 cm³/mol. The number of aromatic amines is 1. The van der Waals surface area contributed by atoms with Gasteiger partial charge < -0.3 is 9.88 Å². The molecule has 28 heavy (non-hydrogen) atoms. The van der Waals surface area contributed by atoms with Gasteiger partial charge in [0.05, 0.1) is 29.8 Å². The maximum Gasteiger partial charge on any atom is 0.261 e. The maximum atomic E-state index is 12.6. The minimum atomic E-state index is -3.55. The monoisotopic (exact) mass is 402 g/mol. The van der Waals surface area contributed by atoms with Crippen LogP contribution >= 0.6 is 0 Å². The SMILES string of the molecule is CC(C)n1cnc2cc(N3CCN(S(=O)(=O)c4cnc[nH]4)CC3)ccc2c1=O. The molecular weight excluding hydrogens is 380 g/mol. The number of H-pyrrole nitrogens is 1. The van der Waals surface area contributed by atoms with Gasteiger partial charge in [-0.3, -0.25) is 9.36 Å². The molecule has 2 aromatic heterocycles. The minimum absolute atomic E-state index is 0.0500. The van der Waals surface area contributed by atoms with Crippen molar-refractivity contribution >= 4 is 26.6 Å². The molecule has 1 N–H and O–H groups in total. The number of aromatic nitrogens is 4. The van der Waals surface area contributed by atoms with Crippen LogP contribution in [0.2, 0.25) is 0 Å². The zero-order valence-corrected chi connectivity index (χ0v) is 16.6. The van der Waals surface area contributed by atoms with Crippen molar-refractivity contribution in [1.82, 2.24) is 23.8 Å². The molecule has 1 aliphatic rings. The van der Waals surface area contributed by atoms with Crippen molar-refractivity contribution in [1.29, 1.82) is 0 Å². The van der Waals surface area contributed by atoms with E-state index in [4.69, 9.17) is 0 Å². The molecule has 0 atom stereocenters. The van der Waals surface area contributed by atoms with Crippen molar-refractivity contribution in [2.75, 3.05) is 31.1 Å². The van der Waals surface area contributed by atoms with Gasteiger partial charge in [0, 0.05) is 37.9 Å². The van der Waals surface area contributed by atoms with Crippen molar-refractivity contribution in [3.63, 3.8) is 0 Å². The zero-order valence-electron chi connectivity index (χ0n) is 15.7. The standard InChI is InChI=1S/C18H22N6O3S/c1-13(2)24-12-21-16-9-14(3-4-15(16)18(24)25)22-5-7-23(8-6-22)28(26,27)17-10-19-11-20-17/h3-4,9-13H,5-8H2,1-2H3,(H,19,20). The van der Waals surface area contributed by atoms with Crippen LogP contribution in [0, 0.1) is 0 Å². The molecular formula is C18H22N6O3S. The lowest BCUT2D eigenvalue weighted by molar-refractivity contribution is 0.383. The van der Waals surface area contributed by atoms with Gasteiger partial charge in [-0.05, 0) is 32.0 Å². The summed E-state index contributed by atoms with van der Waals surface area (Å²) < 4.78 is 28.2. The topological polar surface area (TPSA) is 104 Å². The van der Waals surface area contributed by atoms with Crippen molar-refractivity contribution in [2.45, 2.75) is 24.9 Å². The molecule has 4 rings (SSSR count). The highest BCUT2D eigenvalue weighted by atomic mass is 32.2. The van der Waals surface area contributed by atoms with Crippen molar-refractivity contribution in [3.05, 3.63) is 47.4 Å². The second-order valence-electron chi connectivity index (χ2n) is 7.06. The third-order valence-electron chi connectivity index (χ3n) is 5.02. The molecule has 9 nitrogen and oxygen atoms in total. The molecule has 1 saturated heterocycles. The van der Waals surface area contributed by atoms with Crippen LogP contribution in [-0.2, 0) is 10.0 Å². The number of anilines is 1. The molecule has 10 heteroatoms. The van der Waals surface area contributed by atoms with Gasteiger partial charge >= 0.3 is 0 Å². The van der Waals surface area contributed by atoms with Crippen LogP contribution < -0.4 is 10.5 Å². The van der Waals surface area contributed by atoms with Gasteiger partial charge in [-0.1, -0.05) is 0 Å². The Morgan fingerprint density at radius 2 is 1.89 bits per heavy atom. The number of fused-ring (bicyclic) bond motifs is 1. The van der Waals surface area contributed by atoms with E-state index >= 15 is 0 Å². The minimum Gasteiger partial charge on any atom is -0.369 e. The zero-order chi connectivity index (χ0) is 19.9. The van der Waals surface area contributed by atoms with Crippen LogP contribution in [0.25, 0.3) is 10.9 Å². The maximum absolute atomic E-state index is 12.6. The Balaban J connectivity index is 1.54. The summed E-state index contributed by atoms with van der Waals surface area (Å²) in [7, 11) is -3.55. The van der Waals surface area contributed by atoms with E-state index in [0.29, 0.717) is 37.1 Å². The van der Waals surface area contributed by atoms with E-state index in [-0.39, 0.29) is 16.6 Å². The molecule has 148 valence electrons. The molecule has 0 amide bonds. The van der Waals surface area contributed by atoms with Gasteiger partial charge in [-0.15, -0.1) is 0 Å². The lowest BCUT2D eigenvalue weighted by atomic mass is 10.2. The molecule has 0 unspecified atom stereocenters. The summed E-state index contributed by atoms with van der Waals surface area (Å²) in [5.74, 6) is 0. The van der Waals surface area contributed by atoms with Crippen LogP contribution in [-0.4, -0.2) is 58.4 Å². The molecule has 1 aliphatic heterocycles. The second kappa shape index (κ2) is 7.02. The Hall–Kier alpha value is -2.72. The summed E-state index contributed by atoms with van der Waals surface area (Å²) in [6.45, 7) is 5.76. The number of nitrogens with zero attached hydrogens (tertiary/aromatic N) is 5. The van der Waals surface area contributed by atoms with Gasteiger partial charge in [-0.2, -0.15) is 4.31 Å². The van der Waals surface area contributed by atoms with Crippen LogP contribution in [0.15, 0.2) is 46.9 Å². The van der Waals surface area contributed by atoms with E-state index in [2.05, 4.69) is 19.9 Å². The number of rotatable bonds is 4.